The molecule has 0 spiro atoms. The molecule has 4 rings (SSSR count). The van der Waals surface area contributed by atoms with Crippen molar-refractivity contribution in [3.63, 3.8) is 0 Å². The summed E-state index contributed by atoms with van der Waals surface area (Å²) in [5.41, 5.74) is 6.03. The molecule has 1 amide bonds. The first-order chi connectivity index (χ1) is 16.3. The van der Waals surface area contributed by atoms with Crippen LogP contribution in [0, 0.1) is 17.0 Å². The van der Waals surface area contributed by atoms with Gasteiger partial charge in [0, 0.05) is 5.02 Å². The lowest BCUT2D eigenvalue weighted by Gasteiger charge is -2.11. The molecule has 0 atom stereocenters. The second-order valence-corrected chi connectivity index (χ2v) is 8.65. The summed E-state index contributed by atoms with van der Waals surface area (Å²) in [5.74, 6) is -0.683. The third kappa shape index (κ3) is 5.25. The van der Waals surface area contributed by atoms with Crippen molar-refractivity contribution in [1.29, 1.82) is 0 Å². The van der Waals surface area contributed by atoms with Gasteiger partial charge in [0.05, 0.1) is 20.2 Å². The minimum Gasteiger partial charge on any atom is -0.482 e. The van der Waals surface area contributed by atoms with Crippen LogP contribution in [0.3, 0.4) is 0 Å². The molecular formula is C20H15Cl2N7O4S. The third-order valence-electron chi connectivity index (χ3n) is 4.42. The lowest BCUT2D eigenvalue weighted by atomic mass is 10.2. The van der Waals surface area contributed by atoms with Crippen LogP contribution >= 0.6 is 34.5 Å². The van der Waals surface area contributed by atoms with Gasteiger partial charge in [-0.15, -0.1) is 0 Å². The van der Waals surface area contributed by atoms with E-state index in [1.807, 2.05) is 25.1 Å². The number of hydrazine groups is 1. The highest BCUT2D eigenvalue weighted by atomic mass is 35.5. The topological polar surface area (TPSA) is 144 Å². The normalized spacial score (nSPS) is 10.7. The number of thiazole rings is 1. The van der Waals surface area contributed by atoms with Crippen LogP contribution in [-0.2, 0) is 4.79 Å². The van der Waals surface area contributed by atoms with Crippen LogP contribution in [-0.4, -0.2) is 32.4 Å². The van der Waals surface area contributed by atoms with Gasteiger partial charge in [-0.25, -0.2) is 15.0 Å². The fourth-order valence-electron chi connectivity index (χ4n) is 2.88. The number of halogens is 2. The van der Waals surface area contributed by atoms with E-state index in [0.29, 0.717) is 10.2 Å². The van der Waals surface area contributed by atoms with Crippen molar-refractivity contribution in [3.8, 4) is 5.75 Å². The number of carbonyl (C=O) groups excluding carboxylic acids is 1. The molecule has 0 saturated heterocycles. The Kier molecular flexibility index (Phi) is 6.91. The highest BCUT2D eigenvalue weighted by Crippen LogP contribution is 2.34. The average Bonchev–Trinajstić information content (AvgIpc) is 3.21. The second kappa shape index (κ2) is 10.0. The number of nitro groups is 1. The van der Waals surface area contributed by atoms with E-state index in [2.05, 4.69) is 31.1 Å². The molecule has 14 heteroatoms. The maximum atomic E-state index is 12.2. The van der Waals surface area contributed by atoms with Crippen molar-refractivity contribution in [2.24, 2.45) is 0 Å². The van der Waals surface area contributed by atoms with E-state index in [0.717, 1.165) is 22.1 Å². The van der Waals surface area contributed by atoms with Crippen molar-refractivity contribution in [2.45, 2.75) is 6.92 Å². The number of nitrogens with one attached hydrogen (secondary N) is 3. The second-order valence-electron chi connectivity index (χ2n) is 6.78. The number of aryl methyl sites for hydroxylation is 1. The highest BCUT2D eigenvalue weighted by molar-refractivity contribution is 7.22. The standard InChI is InChI=1S/C20H15Cl2N7O4S/c1-10-3-2-4-14-16(10)25-20(34-14)26-18-17(29(31)32)19(24-9-23-18)28-27-15(30)8-33-13-6-5-11(21)7-12(13)22/h2-7,9H,8H2,1H3,(H,27,30)(H2,23,24,25,26,28). The molecule has 0 aliphatic heterocycles. The maximum absolute atomic E-state index is 12.2. The predicted molar refractivity (Wildman–Crippen MR) is 130 cm³/mol. The smallest absolute Gasteiger partial charge is 0.355 e. The molecule has 2 aromatic carbocycles. The number of anilines is 3. The molecule has 34 heavy (non-hydrogen) atoms. The average molecular weight is 520 g/mol. The molecule has 0 unspecified atom stereocenters. The molecule has 11 nitrogen and oxygen atoms in total. The van der Waals surface area contributed by atoms with Gasteiger partial charge >= 0.3 is 5.69 Å². The number of ether oxygens (including phenoxy) is 1. The van der Waals surface area contributed by atoms with Gasteiger partial charge in [-0.1, -0.05) is 46.7 Å². The summed E-state index contributed by atoms with van der Waals surface area (Å²) < 4.78 is 6.25. The lowest BCUT2D eigenvalue weighted by Crippen LogP contribution is -2.34. The van der Waals surface area contributed by atoms with E-state index >= 15 is 0 Å². The van der Waals surface area contributed by atoms with Crippen LogP contribution in [0.1, 0.15) is 5.56 Å². The Labute approximate surface area is 206 Å². The Morgan fingerprint density at radius 3 is 2.74 bits per heavy atom. The Balaban J connectivity index is 1.46. The zero-order chi connectivity index (χ0) is 24.2. The van der Waals surface area contributed by atoms with E-state index in [9.17, 15) is 14.9 Å². The molecule has 0 aliphatic carbocycles. The molecule has 0 saturated carbocycles. The largest absolute Gasteiger partial charge is 0.482 e. The first-order valence-electron chi connectivity index (χ1n) is 9.57. The van der Waals surface area contributed by atoms with E-state index in [1.54, 1.807) is 6.07 Å². The fourth-order valence-corrected chi connectivity index (χ4v) is 4.28. The zero-order valence-electron chi connectivity index (χ0n) is 17.3. The number of para-hydroxylation sites is 1. The van der Waals surface area contributed by atoms with Crippen LogP contribution in [0.5, 0.6) is 5.75 Å². The molecular weight excluding hydrogens is 505 g/mol. The first kappa shape index (κ1) is 23.4. The molecule has 0 aliphatic rings. The van der Waals surface area contributed by atoms with Crippen LogP contribution in [0.15, 0.2) is 42.7 Å². The van der Waals surface area contributed by atoms with Crippen molar-refractivity contribution >= 4 is 73.1 Å². The van der Waals surface area contributed by atoms with E-state index < -0.39 is 23.1 Å². The molecule has 3 N–H and O–H groups in total. The summed E-state index contributed by atoms with van der Waals surface area (Å²) in [6, 6.07) is 10.3. The van der Waals surface area contributed by atoms with Gasteiger partial charge in [-0.05, 0) is 36.8 Å². The third-order valence-corrected chi connectivity index (χ3v) is 5.89. The molecule has 0 radical (unpaired) electrons. The van der Waals surface area contributed by atoms with Crippen LogP contribution < -0.4 is 20.9 Å². The van der Waals surface area contributed by atoms with Crippen molar-refractivity contribution < 1.29 is 14.5 Å². The van der Waals surface area contributed by atoms with E-state index in [1.165, 1.54) is 23.5 Å². The summed E-state index contributed by atoms with van der Waals surface area (Å²) in [4.78, 5) is 35.5. The van der Waals surface area contributed by atoms with Gasteiger partial charge in [0.15, 0.2) is 11.7 Å². The SMILES string of the molecule is Cc1cccc2sc(Nc3ncnc(NNC(=O)COc4ccc(Cl)cc4Cl)c3[N+](=O)[O-])nc12. The summed E-state index contributed by atoms with van der Waals surface area (Å²) in [7, 11) is 0. The summed E-state index contributed by atoms with van der Waals surface area (Å²) in [6.45, 7) is 1.51. The number of carbonyl (C=O) groups is 1. The van der Waals surface area contributed by atoms with Crippen LogP contribution in [0.4, 0.5) is 22.5 Å². The molecule has 0 bridgehead atoms. The number of rotatable bonds is 8. The number of aromatic nitrogens is 3. The highest BCUT2D eigenvalue weighted by Gasteiger charge is 2.24. The van der Waals surface area contributed by atoms with Crippen LogP contribution in [0.25, 0.3) is 10.2 Å². The number of hydrogen-bond donors (Lipinski definition) is 3. The van der Waals surface area contributed by atoms with Crippen molar-refractivity contribution in [2.75, 3.05) is 17.3 Å². The van der Waals surface area contributed by atoms with Gasteiger partial charge in [0.25, 0.3) is 5.91 Å². The van der Waals surface area contributed by atoms with Gasteiger partial charge in [0.2, 0.25) is 11.6 Å². The molecule has 174 valence electrons. The fraction of sp³-hybridized carbons (Fsp3) is 0.100. The Hall–Kier alpha value is -3.74. The monoisotopic (exact) mass is 519 g/mol. The maximum Gasteiger partial charge on any atom is 0.355 e. The molecule has 2 aromatic heterocycles. The summed E-state index contributed by atoms with van der Waals surface area (Å²) >= 11 is 13.2. The number of hydrogen-bond acceptors (Lipinski definition) is 10. The quantitative estimate of drug-likeness (QED) is 0.219. The molecule has 2 heterocycles. The minimum absolute atomic E-state index is 0.0855. The van der Waals surface area contributed by atoms with Crippen molar-refractivity contribution in [1.82, 2.24) is 20.4 Å². The number of nitrogens with zero attached hydrogens (tertiary/aromatic N) is 4. The number of benzene rings is 2. The van der Waals surface area contributed by atoms with Gasteiger partial charge in [-0.3, -0.25) is 25.8 Å². The van der Waals surface area contributed by atoms with Crippen molar-refractivity contribution in [3.05, 3.63) is 68.4 Å². The Bertz CT molecular complexity index is 1400. The Morgan fingerprint density at radius 2 is 2.00 bits per heavy atom. The number of amides is 1. The molecule has 0 fully saturated rings. The number of fused-ring (bicyclic) bond motifs is 1. The van der Waals surface area contributed by atoms with Gasteiger partial charge in [-0.2, -0.15) is 0 Å². The summed E-state index contributed by atoms with van der Waals surface area (Å²) in [5, 5.41) is 15.7. The zero-order valence-corrected chi connectivity index (χ0v) is 19.7. The molecule has 4 aromatic rings. The van der Waals surface area contributed by atoms with Gasteiger partial charge in [0.1, 0.15) is 12.1 Å². The minimum atomic E-state index is -0.667. The Morgan fingerprint density at radius 1 is 1.21 bits per heavy atom. The van der Waals surface area contributed by atoms with Crippen LogP contribution in [0.2, 0.25) is 10.0 Å². The van der Waals surface area contributed by atoms with E-state index in [-0.39, 0.29) is 22.4 Å². The van der Waals surface area contributed by atoms with E-state index in [4.69, 9.17) is 27.9 Å². The predicted octanol–water partition coefficient (Wildman–Crippen LogP) is 4.88. The van der Waals surface area contributed by atoms with Gasteiger partial charge < -0.3 is 10.1 Å². The summed E-state index contributed by atoms with van der Waals surface area (Å²) in [6.07, 6.45) is 1.12. The lowest BCUT2D eigenvalue weighted by molar-refractivity contribution is -0.383. The first-order valence-corrected chi connectivity index (χ1v) is 11.1.